The molecule has 1 aliphatic rings. The van der Waals surface area contributed by atoms with Gasteiger partial charge in [0.15, 0.2) is 0 Å². The van der Waals surface area contributed by atoms with Gasteiger partial charge in [0.2, 0.25) is 0 Å². The number of nitrogens with one attached hydrogen (secondary N) is 1. The molecule has 0 aromatic heterocycles. The molecule has 0 bridgehead atoms. The summed E-state index contributed by atoms with van der Waals surface area (Å²) in [4.78, 5) is 2.63. The molecule has 1 unspecified atom stereocenters. The van der Waals surface area contributed by atoms with E-state index in [2.05, 4.69) is 56.1 Å². The number of benzene rings is 1. The van der Waals surface area contributed by atoms with E-state index < -0.39 is 0 Å². The molecule has 19 heavy (non-hydrogen) atoms. The van der Waals surface area contributed by atoms with Gasteiger partial charge in [-0.1, -0.05) is 37.6 Å². The van der Waals surface area contributed by atoms with Gasteiger partial charge < -0.3 is 5.32 Å². The lowest BCUT2D eigenvalue weighted by Crippen LogP contribution is -2.36. The first-order valence-electron chi connectivity index (χ1n) is 7.70. The van der Waals surface area contributed by atoms with Crippen molar-refractivity contribution in [3.8, 4) is 0 Å². The van der Waals surface area contributed by atoms with Gasteiger partial charge in [0.05, 0.1) is 0 Å². The molecule has 0 heterocycles. The van der Waals surface area contributed by atoms with Crippen molar-refractivity contribution >= 4 is 0 Å². The maximum absolute atomic E-state index is 3.67. The third-order valence-electron chi connectivity index (χ3n) is 4.15. The van der Waals surface area contributed by atoms with Crippen molar-refractivity contribution in [2.24, 2.45) is 0 Å². The van der Waals surface area contributed by atoms with E-state index in [0.29, 0.717) is 6.04 Å². The van der Waals surface area contributed by atoms with E-state index in [1.807, 2.05) is 0 Å². The standard InChI is InChI=1S/C17H28N2/c1-5-18-17(12-19(6-2)15-9-10-15)16-11-13(3)7-8-14(16)4/h7-8,11,15,17-18H,5-6,9-10,12H2,1-4H3. The van der Waals surface area contributed by atoms with Gasteiger partial charge in [-0.25, -0.2) is 0 Å². The normalized spacial score (nSPS) is 16.9. The number of hydrogen-bond acceptors (Lipinski definition) is 2. The van der Waals surface area contributed by atoms with Gasteiger partial charge in [0.25, 0.3) is 0 Å². The molecule has 0 aliphatic heterocycles. The Morgan fingerprint density at radius 1 is 1.26 bits per heavy atom. The molecule has 2 rings (SSSR count). The number of nitrogens with zero attached hydrogens (tertiary/aromatic N) is 1. The molecule has 1 N–H and O–H groups in total. The Bertz CT molecular complexity index is 410. The summed E-state index contributed by atoms with van der Waals surface area (Å²) < 4.78 is 0. The highest BCUT2D eigenvalue weighted by Crippen LogP contribution is 2.29. The van der Waals surface area contributed by atoms with Crippen LogP contribution < -0.4 is 5.32 Å². The second kappa shape index (κ2) is 6.53. The Balaban J connectivity index is 2.15. The fraction of sp³-hybridized carbons (Fsp3) is 0.647. The van der Waals surface area contributed by atoms with Crippen molar-refractivity contribution in [1.29, 1.82) is 0 Å². The van der Waals surface area contributed by atoms with Gasteiger partial charge in [-0.05, 0) is 50.9 Å². The lowest BCUT2D eigenvalue weighted by molar-refractivity contribution is 0.245. The Hall–Kier alpha value is -0.860. The Kier molecular flexibility index (Phi) is 5.00. The van der Waals surface area contributed by atoms with Crippen LogP contribution in [0, 0.1) is 13.8 Å². The average Bonchev–Trinajstić information content (AvgIpc) is 3.22. The highest BCUT2D eigenvalue weighted by atomic mass is 15.2. The quantitative estimate of drug-likeness (QED) is 0.808. The lowest BCUT2D eigenvalue weighted by atomic mass is 9.98. The van der Waals surface area contributed by atoms with E-state index >= 15 is 0 Å². The molecule has 1 saturated carbocycles. The summed E-state index contributed by atoms with van der Waals surface area (Å²) in [7, 11) is 0. The van der Waals surface area contributed by atoms with Gasteiger partial charge in [-0.3, -0.25) is 4.90 Å². The smallest absolute Gasteiger partial charge is 0.0452 e. The SMILES string of the molecule is CCNC(CN(CC)C1CC1)c1cc(C)ccc1C. The second-order valence-electron chi connectivity index (χ2n) is 5.79. The fourth-order valence-electron chi connectivity index (χ4n) is 2.87. The average molecular weight is 260 g/mol. The van der Waals surface area contributed by atoms with Gasteiger partial charge in [-0.2, -0.15) is 0 Å². The van der Waals surface area contributed by atoms with Crippen molar-refractivity contribution in [2.45, 2.75) is 52.6 Å². The number of aryl methyl sites for hydroxylation is 2. The van der Waals surface area contributed by atoms with E-state index in [4.69, 9.17) is 0 Å². The first-order valence-corrected chi connectivity index (χ1v) is 7.70. The Morgan fingerprint density at radius 2 is 2.00 bits per heavy atom. The zero-order valence-electron chi connectivity index (χ0n) is 12.9. The van der Waals surface area contributed by atoms with Crippen LogP contribution in [0.5, 0.6) is 0 Å². The van der Waals surface area contributed by atoms with Crippen LogP contribution in [0.2, 0.25) is 0 Å². The summed E-state index contributed by atoms with van der Waals surface area (Å²) in [6, 6.07) is 8.12. The molecule has 2 heteroatoms. The predicted octanol–water partition coefficient (Wildman–Crippen LogP) is 3.44. The van der Waals surface area contributed by atoms with E-state index in [0.717, 1.165) is 25.7 Å². The zero-order chi connectivity index (χ0) is 13.8. The van der Waals surface area contributed by atoms with Crippen molar-refractivity contribution in [3.63, 3.8) is 0 Å². The van der Waals surface area contributed by atoms with Gasteiger partial charge in [0, 0.05) is 18.6 Å². The maximum atomic E-state index is 3.67. The van der Waals surface area contributed by atoms with E-state index in [9.17, 15) is 0 Å². The van der Waals surface area contributed by atoms with Crippen molar-refractivity contribution in [1.82, 2.24) is 10.2 Å². The molecule has 106 valence electrons. The van der Waals surface area contributed by atoms with Crippen molar-refractivity contribution in [2.75, 3.05) is 19.6 Å². The Morgan fingerprint density at radius 3 is 2.58 bits per heavy atom. The Labute approximate surface area is 118 Å². The maximum Gasteiger partial charge on any atom is 0.0452 e. The zero-order valence-corrected chi connectivity index (χ0v) is 12.9. The topological polar surface area (TPSA) is 15.3 Å². The van der Waals surface area contributed by atoms with Crippen LogP contribution in [0.4, 0.5) is 0 Å². The molecule has 0 spiro atoms. The van der Waals surface area contributed by atoms with Crippen molar-refractivity contribution < 1.29 is 0 Å². The number of likely N-dealkylation sites (N-methyl/N-ethyl adjacent to an activating group) is 2. The molecule has 1 atom stereocenters. The molecule has 1 fully saturated rings. The summed E-state index contributed by atoms with van der Waals surface area (Å²) >= 11 is 0. The summed E-state index contributed by atoms with van der Waals surface area (Å²) in [5.74, 6) is 0. The monoisotopic (exact) mass is 260 g/mol. The third-order valence-corrected chi connectivity index (χ3v) is 4.15. The first kappa shape index (κ1) is 14.5. The summed E-state index contributed by atoms with van der Waals surface area (Å²) in [6.45, 7) is 12.2. The van der Waals surface area contributed by atoms with Crippen LogP contribution in [-0.2, 0) is 0 Å². The van der Waals surface area contributed by atoms with Crippen LogP contribution in [0.15, 0.2) is 18.2 Å². The van der Waals surface area contributed by atoms with E-state index in [1.54, 1.807) is 0 Å². The largest absolute Gasteiger partial charge is 0.309 e. The minimum Gasteiger partial charge on any atom is -0.309 e. The second-order valence-corrected chi connectivity index (χ2v) is 5.79. The minimum atomic E-state index is 0.463. The molecule has 0 radical (unpaired) electrons. The van der Waals surface area contributed by atoms with Crippen LogP contribution in [0.1, 0.15) is 49.4 Å². The number of rotatable bonds is 7. The number of hydrogen-bond donors (Lipinski definition) is 1. The minimum absolute atomic E-state index is 0.463. The van der Waals surface area contributed by atoms with Crippen LogP contribution in [0.3, 0.4) is 0 Å². The summed E-state index contributed by atoms with van der Waals surface area (Å²) in [6.07, 6.45) is 2.78. The molecule has 1 aromatic rings. The fourth-order valence-corrected chi connectivity index (χ4v) is 2.87. The summed E-state index contributed by atoms with van der Waals surface area (Å²) in [5.41, 5.74) is 4.24. The van der Waals surface area contributed by atoms with Crippen LogP contribution in [-0.4, -0.2) is 30.6 Å². The van der Waals surface area contributed by atoms with Crippen molar-refractivity contribution in [3.05, 3.63) is 34.9 Å². The highest BCUT2D eigenvalue weighted by Gasteiger charge is 2.29. The lowest BCUT2D eigenvalue weighted by Gasteiger charge is -2.28. The van der Waals surface area contributed by atoms with E-state index in [1.165, 1.54) is 29.5 Å². The molecular formula is C17H28N2. The molecule has 0 amide bonds. The highest BCUT2D eigenvalue weighted by molar-refractivity contribution is 5.33. The van der Waals surface area contributed by atoms with Crippen LogP contribution >= 0.6 is 0 Å². The summed E-state index contributed by atoms with van der Waals surface area (Å²) in [5, 5.41) is 3.67. The molecule has 0 saturated heterocycles. The first-order chi connectivity index (χ1) is 9.15. The van der Waals surface area contributed by atoms with E-state index in [-0.39, 0.29) is 0 Å². The predicted molar refractivity (Wildman–Crippen MR) is 82.6 cm³/mol. The molecule has 2 nitrogen and oxygen atoms in total. The molecule has 1 aromatic carbocycles. The third kappa shape index (κ3) is 3.80. The van der Waals surface area contributed by atoms with Gasteiger partial charge >= 0.3 is 0 Å². The molecular weight excluding hydrogens is 232 g/mol. The van der Waals surface area contributed by atoms with Gasteiger partial charge in [-0.15, -0.1) is 0 Å². The van der Waals surface area contributed by atoms with Crippen LogP contribution in [0.25, 0.3) is 0 Å². The molecule has 1 aliphatic carbocycles. The van der Waals surface area contributed by atoms with Gasteiger partial charge in [0.1, 0.15) is 0 Å².